The zero-order valence-electron chi connectivity index (χ0n) is 19.3. The Balaban J connectivity index is 2.04. The summed E-state index contributed by atoms with van der Waals surface area (Å²) >= 11 is 6.10. The summed E-state index contributed by atoms with van der Waals surface area (Å²) < 4.78 is 62.0. The van der Waals surface area contributed by atoms with E-state index in [4.69, 9.17) is 16.7 Å². The van der Waals surface area contributed by atoms with E-state index in [1.807, 2.05) is 0 Å². The Morgan fingerprint density at radius 3 is 2.21 bits per heavy atom. The first-order valence-electron chi connectivity index (χ1n) is 10.5. The molecule has 3 N–H and O–H groups in total. The number of carboxylic acids is 2. The summed E-state index contributed by atoms with van der Waals surface area (Å²) in [4.78, 5) is 36.9. The van der Waals surface area contributed by atoms with Gasteiger partial charge in [-0.05, 0) is 11.6 Å². The van der Waals surface area contributed by atoms with Gasteiger partial charge in [0.1, 0.15) is 5.69 Å². The van der Waals surface area contributed by atoms with E-state index in [-0.39, 0.29) is 11.6 Å². The number of aliphatic carboxylic acids is 1. The van der Waals surface area contributed by atoms with E-state index in [1.54, 1.807) is 12.1 Å². The second-order valence-corrected chi connectivity index (χ2v) is 8.18. The first-order valence-corrected chi connectivity index (χ1v) is 10.9. The molecule has 10 nitrogen and oxygen atoms in total. The molecule has 0 saturated heterocycles. The highest BCUT2D eigenvalue weighted by atomic mass is 35.5. The number of benzene rings is 2. The third-order valence-electron chi connectivity index (χ3n) is 5.33. The van der Waals surface area contributed by atoms with Gasteiger partial charge in [-0.1, -0.05) is 29.8 Å². The van der Waals surface area contributed by atoms with Crippen LogP contribution in [0.5, 0.6) is 5.75 Å². The van der Waals surface area contributed by atoms with Crippen LogP contribution in [0.3, 0.4) is 0 Å². The van der Waals surface area contributed by atoms with Crippen LogP contribution in [0.15, 0.2) is 30.3 Å². The summed E-state index contributed by atoms with van der Waals surface area (Å²) in [6, 6.07) is 6.87. The number of halogens is 5. The van der Waals surface area contributed by atoms with Crippen LogP contribution in [0.4, 0.5) is 17.6 Å². The largest absolute Gasteiger partial charge is 0.491 e. The van der Waals surface area contributed by atoms with Gasteiger partial charge < -0.3 is 25.0 Å². The number of aliphatic hydroxyl groups is 1. The number of ether oxygens (including phenoxy) is 1. The average Bonchev–Trinajstić information content (AvgIpc) is 3.30. The molecule has 1 aromatic heterocycles. The van der Waals surface area contributed by atoms with E-state index < -0.39 is 83.0 Å². The van der Waals surface area contributed by atoms with Crippen LogP contribution in [-0.4, -0.2) is 67.6 Å². The molecule has 1 amide bonds. The summed E-state index contributed by atoms with van der Waals surface area (Å²) in [7, 11) is 0.781. The van der Waals surface area contributed by atoms with Gasteiger partial charge in [0.05, 0.1) is 25.8 Å². The van der Waals surface area contributed by atoms with Crippen molar-refractivity contribution in [3.63, 3.8) is 0 Å². The molecule has 0 unspecified atom stereocenters. The highest BCUT2D eigenvalue weighted by molar-refractivity contribution is 6.31. The highest BCUT2D eigenvalue weighted by Crippen LogP contribution is 2.30. The predicted octanol–water partition coefficient (Wildman–Crippen LogP) is 2.94. The van der Waals surface area contributed by atoms with Crippen LogP contribution >= 0.6 is 11.6 Å². The molecular formula is C23H18ClF4N3O7. The maximum atomic E-state index is 14.5. The van der Waals surface area contributed by atoms with Crippen LogP contribution in [0, 0.1) is 23.3 Å². The third kappa shape index (κ3) is 5.70. The Labute approximate surface area is 216 Å². The summed E-state index contributed by atoms with van der Waals surface area (Å²) in [5.74, 6) is -13.3. The lowest BCUT2D eigenvalue weighted by Gasteiger charge is -2.23. The number of aromatic carboxylic acids is 1. The third-order valence-corrected chi connectivity index (χ3v) is 5.70. The van der Waals surface area contributed by atoms with Crippen molar-refractivity contribution in [2.24, 2.45) is 0 Å². The summed E-state index contributed by atoms with van der Waals surface area (Å²) in [5.41, 5.74) is -2.33. The topological polar surface area (TPSA) is 142 Å². The van der Waals surface area contributed by atoms with Gasteiger partial charge in [-0.25, -0.2) is 18.4 Å². The first kappa shape index (κ1) is 28.4. The zero-order valence-corrected chi connectivity index (χ0v) is 20.0. The lowest BCUT2D eigenvalue weighted by Crippen LogP contribution is -2.40. The molecule has 0 bridgehead atoms. The van der Waals surface area contributed by atoms with Crippen molar-refractivity contribution in [1.82, 2.24) is 14.7 Å². The standard InChI is InChI=1S/C23H18ClF4N3O7/c1-38-20-18(27)16(25)11(17(26)19(20)28)8-31-14(22(34)35)6-13(29-31)21(33)30(9-15(32)23(36)37)7-10-4-2-3-5-12(10)24/h2-6,15,32H,7-9H2,1H3,(H,34,35)(H,36,37)/t15-/m1/s1. The second-order valence-electron chi connectivity index (χ2n) is 7.78. The number of carbonyl (C=O) groups is 3. The maximum Gasteiger partial charge on any atom is 0.354 e. The number of hydrogen-bond acceptors (Lipinski definition) is 6. The van der Waals surface area contributed by atoms with Crippen LogP contribution in [0.2, 0.25) is 5.02 Å². The Kier molecular flexibility index (Phi) is 8.58. The summed E-state index contributed by atoms with van der Waals surface area (Å²) in [6.45, 7) is -2.25. The molecule has 0 aliphatic rings. The minimum absolute atomic E-state index is 0.196. The lowest BCUT2D eigenvalue weighted by atomic mass is 10.1. The molecule has 3 rings (SSSR count). The zero-order chi connectivity index (χ0) is 28.3. The number of nitrogens with zero attached hydrogens (tertiary/aromatic N) is 3. The van der Waals surface area contributed by atoms with Gasteiger partial charge in [-0.2, -0.15) is 13.9 Å². The van der Waals surface area contributed by atoms with Crippen molar-refractivity contribution in [3.8, 4) is 5.75 Å². The lowest BCUT2D eigenvalue weighted by molar-refractivity contribution is -0.147. The number of carboxylic acid groups (broad SMARTS) is 2. The smallest absolute Gasteiger partial charge is 0.354 e. The van der Waals surface area contributed by atoms with Gasteiger partial charge in [-0.3, -0.25) is 9.48 Å². The van der Waals surface area contributed by atoms with E-state index >= 15 is 0 Å². The van der Waals surface area contributed by atoms with Crippen LogP contribution in [0.25, 0.3) is 0 Å². The quantitative estimate of drug-likeness (QED) is 0.254. The maximum absolute atomic E-state index is 14.5. The molecule has 1 atom stereocenters. The van der Waals surface area contributed by atoms with Crippen molar-refractivity contribution in [2.45, 2.75) is 19.2 Å². The number of methoxy groups -OCH3 is 1. The van der Waals surface area contributed by atoms with Crippen molar-refractivity contribution in [3.05, 3.63) is 81.1 Å². The molecule has 0 aliphatic carbocycles. The van der Waals surface area contributed by atoms with Crippen LogP contribution in [0.1, 0.15) is 32.1 Å². The minimum Gasteiger partial charge on any atom is -0.491 e. The van der Waals surface area contributed by atoms with Crippen molar-refractivity contribution >= 4 is 29.4 Å². The fourth-order valence-corrected chi connectivity index (χ4v) is 3.63. The Morgan fingerprint density at radius 2 is 1.68 bits per heavy atom. The summed E-state index contributed by atoms with van der Waals surface area (Å²) in [6.07, 6.45) is -2.05. The highest BCUT2D eigenvalue weighted by Gasteiger charge is 2.30. The monoisotopic (exact) mass is 559 g/mol. The summed E-state index contributed by atoms with van der Waals surface area (Å²) in [5, 5.41) is 32.3. The number of rotatable bonds is 10. The molecule has 0 radical (unpaired) electrons. The molecule has 3 aromatic rings. The van der Waals surface area contributed by atoms with Gasteiger partial charge in [0.15, 0.2) is 29.2 Å². The average molecular weight is 560 g/mol. The minimum atomic E-state index is -2.05. The molecule has 15 heteroatoms. The number of hydrogen-bond donors (Lipinski definition) is 3. The Bertz CT molecular complexity index is 1390. The van der Waals surface area contributed by atoms with Crippen LogP contribution in [-0.2, 0) is 17.9 Å². The normalized spacial score (nSPS) is 11.8. The molecule has 0 spiro atoms. The number of carbonyl (C=O) groups excluding carboxylic acids is 1. The second kappa shape index (κ2) is 11.5. The number of aromatic nitrogens is 2. The van der Waals surface area contributed by atoms with E-state index in [9.17, 15) is 42.2 Å². The van der Waals surface area contributed by atoms with E-state index in [1.165, 1.54) is 12.1 Å². The molecule has 2 aromatic carbocycles. The molecule has 0 aliphatic heterocycles. The molecule has 1 heterocycles. The van der Waals surface area contributed by atoms with Crippen LogP contribution < -0.4 is 4.74 Å². The van der Waals surface area contributed by atoms with E-state index in [0.717, 1.165) is 12.0 Å². The molecule has 0 saturated carbocycles. The Hall–Kier alpha value is -4.17. The first-order chi connectivity index (χ1) is 17.9. The van der Waals surface area contributed by atoms with Gasteiger partial charge in [0.25, 0.3) is 5.91 Å². The van der Waals surface area contributed by atoms with Crippen molar-refractivity contribution < 1.29 is 52.0 Å². The van der Waals surface area contributed by atoms with Gasteiger partial charge in [0, 0.05) is 17.6 Å². The fraction of sp³-hybridized carbons (Fsp3) is 0.217. The van der Waals surface area contributed by atoms with Crippen molar-refractivity contribution in [1.29, 1.82) is 0 Å². The fourth-order valence-electron chi connectivity index (χ4n) is 3.44. The molecule has 0 fully saturated rings. The Morgan fingerprint density at radius 1 is 1.08 bits per heavy atom. The van der Waals surface area contributed by atoms with E-state index in [2.05, 4.69) is 9.84 Å². The predicted molar refractivity (Wildman–Crippen MR) is 121 cm³/mol. The van der Waals surface area contributed by atoms with Gasteiger partial charge in [0.2, 0.25) is 11.6 Å². The van der Waals surface area contributed by atoms with Crippen molar-refractivity contribution in [2.75, 3.05) is 13.7 Å². The van der Waals surface area contributed by atoms with Gasteiger partial charge in [-0.15, -0.1) is 0 Å². The SMILES string of the molecule is COc1c(F)c(F)c(Cn2nc(C(=O)N(Cc3ccccc3Cl)C[C@@H](O)C(=O)O)cc2C(=O)O)c(F)c1F. The molecule has 38 heavy (non-hydrogen) atoms. The van der Waals surface area contributed by atoms with Gasteiger partial charge >= 0.3 is 11.9 Å². The molecule has 202 valence electrons. The number of amides is 1. The van der Waals surface area contributed by atoms with E-state index in [0.29, 0.717) is 16.3 Å². The molecular weight excluding hydrogens is 542 g/mol. The number of aliphatic hydroxyl groups excluding tert-OH is 1.